The number of halogens is 3. The number of rotatable bonds is 4. The fourth-order valence-corrected chi connectivity index (χ4v) is 3.21. The van der Waals surface area contributed by atoms with Gasteiger partial charge in [-0.3, -0.25) is 4.57 Å². The van der Waals surface area contributed by atoms with Crippen LogP contribution in [-0.2, 0) is 6.18 Å². The normalized spacial score (nSPS) is 14.3. The molecule has 0 amide bonds. The minimum absolute atomic E-state index is 0.373. The Labute approximate surface area is 163 Å². The Morgan fingerprint density at radius 2 is 1.72 bits per heavy atom. The highest BCUT2D eigenvalue weighted by Crippen LogP contribution is 2.41. The van der Waals surface area contributed by atoms with Crippen LogP contribution in [0, 0.1) is 0 Å². The molecule has 0 unspecified atom stereocenters. The number of imidazole rings is 1. The van der Waals surface area contributed by atoms with Crippen LogP contribution < -0.4 is 5.32 Å². The van der Waals surface area contributed by atoms with Gasteiger partial charge in [0.05, 0.1) is 22.8 Å². The summed E-state index contributed by atoms with van der Waals surface area (Å²) in [6.45, 7) is 0. The second-order valence-corrected chi connectivity index (χ2v) is 6.91. The lowest BCUT2D eigenvalue weighted by atomic mass is 10.2. The molecule has 0 bridgehead atoms. The van der Waals surface area contributed by atoms with Gasteiger partial charge in [0.15, 0.2) is 5.82 Å². The molecular formula is C20H15F3N6. The first-order chi connectivity index (χ1) is 14.0. The third kappa shape index (κ3) is 3.39. The van der Waals surface area contributed by atoms with Crippen LogP contribution in [0.1, 0.15) is 30.1 Å². The highest BCUT2D eigenvalue weighted by Gasteiger charge is 2.31. The van der Waals surface area contributed by atoms with E-state index in [9.17, 15) is 13.2 Å². The van der Waals surface area contributed by atoms with Crippen molar-refractivity contribution in [3.63, 3.8) is 0 Å². The number of para-hydroxylation sites is 2. The van der Waals surface area contributed by atoms with E-state index in [1.165, 1.54) is 18.3 Å². The molecule has 9 heteroatoms. The number of hydrogen-bond donors (Lipinski definition) is 1. The third-order valence-corrected chi connectivity index (χ3v) is 4.76. The van der Waals surface area contributed by atoms with Crippen LogP contribution >= 0.6 is 0 Å². The van der Waals surface area contributed by atoms with E-state index >= 15 is 0 Å². The highest BCUT2D eigenvalue weighted by atomic mass is 19.4. The zero-order valence-electron chi connectivity index (χ0n) is 15.1. The van der Waals surface area contributed by atoms with Gasteiger partial charge in [0.1, 0.15) is 5.82 Å². The molecule has 5 rings (SSSR count). The van der Waals surface area contributed by atoms with Crippen molar-refractivity contribution in [1.29, 1.82) is 0 Å². The fourth-order valence-electron chi connectivity index (χ4n) is 3.21. The second-order valence-electron chi connectivity index (χ2n) is 6.91. The van der Waals surface area contributed by atoms with Gasteiger partial charge >= 0.3 is 6.18 Å². The van der Waals surface area contributed by atoms with Crippen LogP contribution in [0.5, 0.6) is 0 Å². The van der Waals surface area contributed by atoms with Gasteiger partial charge in [-0.05, 0) is 49.2 Å². The van der Waals surface area contributed by atoms with Crippen LogP contribution in [0.25, 0.3) is 17.0 Å². The zero-order chi connectivity index (χ0) is 20.0. The number of aromatic nitrogens is 5. The van der Waals surface area contributed by atoms with Gasteiger partial charge in [0.2, 0.25) is 0 Å². The van der Waals surface area contributed by atoms with Crippen LogP contribution in [0.4, 0.5) is 24.7 Å². The van der Waals surface area contributed by atoms with Gasteiger partial charge in [0.25, 0.3) is 5.95 Å². The predicted molar refractivity (Wildman–Crippen MR) is 101 cm³/mol. The van der Waals surface area contributed by atoms with Crippen molar-refractivity contribution >= 4 is 22.5 Å². The lowest BCUT2D eigenvalue weighted by Crippen LogP contribution is -2.08. The Bertz CT molecular complexity index is 1180. The lowest BCUT2D eigenvalue weighted by molar-refractivity contribution is -0.137. The first kappa shape index (κ1) is 17.6. The molecular weight excluding hydrogens is 381 g/mol. The molecule has 29 heavy (non-hydrogen) atoms. The molecule has 0 aliphatic heterocycles. The zero-order valence-corrected chi connectivity index (χ0v) is 15.1. The average Bonchev–Trinajstić information content (AvgIpc) is 3.48. The summed E-state index contributed by atoms with van der Waals surface area (Å²) in [7, 11) is 0. The SMILES string of the molecule is FC(F)(F)c1ccc(Nc2cnnc(-n3c(C4CC4)nc4ccccc43)n2)cc1. The molecule has 146 valence electrons. The van der Waals surface area contributed by atoms with Crippen molar-refractivity contribution in [2.75, 3.05) is 5.32 Å². The van der Waals surface area contributed by atoms with Crippen LogP contribution in [-0.4, -0.2) is 24.7 Å². The lowest BCUT2D eigenvalue weighted by Gasteiger charge is -2.10. The molecule has 1 aliphatic rings. The maximum atomic E-state index is 12.7. The molecule has 2 aromatic carbocycles. The van der Waals surface area contributed by atoms with E-state index in [1.54, 1.807) is 0 Å². The van der Waals surface area contributed by atoms with Crippen molar-refractivity contribution in [1.82, 2.24) is 24.7 Å². The monoisotopic (exact) mass is 396 g/mol. The van der Waals surface area contributed by atoms with Gasteiger partial charge in [-0.15, -0.1) is 5.10 Å². The summed E-state index contributed by atoms with van der Waals surface area (Å²) in [6.07, 6.45) is -0.804. The van der Waals surface area contributed by atoms with Crippen molar-refractivity contribution < 1.29 is 13.2 Å². The largest absolute Gasteiger partial charge is 0.416 e. The first-order valence-corrected chi connectivity index (χ1v) is 9.11. The van der Waals surface area contributed by atoms with Gasteiger partial charge in [-0.25, -0.2) is 4.98 Å². The summed E-state index contributed by atoms with van der Waals surface area (Å²) in [6, 6.07) is 12.5. The van der Waals surface area contributed by atoms with E-state index in [0.29, 0.717) is 23.4 Å². The van der Waals surface area contributed by atoms with Gasteiger partial charge in [-0.2, -0.15) is 23.3 Å². The number of benzene rings is 2. The van der Waals surface area contributed by atoms with E-state index in [-0.39, 0.29) is 0 Å². The summed E-state index contributed by atoms with van der Waals surface area (Å²) in [5, 5.41) is 11.2. The van der Waals surface area contributed by atoms with E-state index in [1.807, 2.05) is 28.8 Å². The van der Waals surface area contributed by atoms with Gasteiger partial charge in [-0.1, -0.05) is 12.1 Å². The molecule has 1 aliphatic carbocycles. The molecule has 1 saturated carbocycles. The summed E-state index contributed by atoms with van der Waals surface area (Å²) in [5.74, 6) is 2.03. The molecule has 0 radical (unpaired) electrons. The number of nitrogens with one attached hydrogen (secondary N) is 1. The minimum Gasteiger partial charge on any atom is -0.339 e. The Morgan fingerprint density at radius 3 is 2.45 bits per heavy atom. The molecule has 2 heterocycles. The van der Waals surface area contributed by atoms with Crippen LogP contribution in [0.2, 0.25) is 0 Å². The van der Waals surface area contributed by atoms with Crippen LogP contribution in [0.15, 0.2) is 54.7 Å². The van der Waals surface area contributed by atoms with Crippen molar-refractivity contribution in [2.45, 2.75) is 24.9 Å². The number of fused-ring (bicyclic) bond motifs is 1. The topological polar surface area (TPSA) is 68.5 Å². The van der Waals surface area contributed by atoms with E-state index in [4.69, 9.17) is 4.98 Å². The molecule has 2 aromatic heterocycles. The van der Waals surface area contributed by atoms with Crippen LogP contribution in [0.3, 0.4) is 0 Å². The number of alkyl halides is 3. The van der Waals surface area contributed by atoms with Gasteiger partial charge in [0, 0.05) is 11.6 Å². The Balaban J connectivity index is 1.50. The first-order valence-electron chi connectivity index (χ1n) is 9.11. The number of nitrogens with zero attached hydrogens (tertiary/aromatic N) is 5. The third-order valence-electron chi connectivity index (χ3n) is 4.76. The Kier molecular flexibility index (Phi) is 3.97. The molecule has 6 nitrogen and oxygen atoms in total. The minimum atomic E-state index is -4.37. The smallest absolute Gasteiger partial charge is 0.339 e. The fraction of sp³-hybridized carbons (Fsp3) is 0.200. The van der Waals surface area contributed by atoms with Crippen molar-refractivity contribution in [2.24, 2.45) is 0 Å². The summed E-state index contributed by atoms with van der Waals surface area (Å²) in [5.41, 5.74) is 1.52. The molecule has 0 saturated heterocycles. The molecule has 0 spiro atoms. The molecule has 4 aromatic rings. The summed E-state index contributed by atoms with van der Waals surface area (Å²) >= 11 is 0. The standard InChI is InChI=1S/C20H15F3N6/c21-20(22,23)13-7-9-14(10-8-13)25-17-11-24-28-19(27-17)29-16-4-2-1-3-15(16)26-18(29)12-5-6-12/h1-4,7-12H,5-6H2,(H,25,27,28). The number of anilines is 2. The van der Waals surface area contributed by atoms with E-state index < -0.39 is 11.7 Å². The average molecular weight is 396 g/mol. The van der Waals surface area contributed by atoms with E-state index in [2.05, 4.69) is 20.5 Å². The van der Waals surface area contributed by atoms with Crippen molar-refractivity contribution in [3.05, 3.63) is 66.1 Å². The maximum absolute atomic E-state index is 12.7. The molecule has 1 N–H and O–H groups in total. The summed E-state index contributed by atoms with van der Waals surface area (Å²) < 4.78 is 40.1. The van der Waals surface area contributed by atoms with Gasteiger partial charge < -0.3 is 5.32 Å². The maximum Gasteiger partial charge on any atom is 0.416 e. The quantitative estimate of drug-likeness (QED) is 0.534. The predicted octanol–water partition coefficient (Wildman–Crippen LogP) is 4.85. The Morgan fingerprint density at radius 1 is 0.966 bits per heavy atom. The van der Waals surface area contributed by atoms with E-state index in [0.717, 1.165) is 41.8 Å². The van der Waals surface area contributed by atoms with Crippen molar-refractivity contribution in [3.8, 4) is 5.95 Å². The number of hydrogen-bond acceptors (Lipinski definition) is 5. The molecule has 1 fully saturated rings. The summed E-state index contributed by atoms with van der Waals surface area (Å²) in [4.78, 5) is 9.24. The second kappa shape index (κ2) is 6.54. The molecule has 0 atom stereocenters. The Hall–Kier alpha value is -3.49. The highest BCUT2D eigenvalue weighted by molar-refractivity contribution is 5.78.